The lowest BCUT2D eigenvalue weighted by molar-refractivity contribution is 0.218. The molecular formula is C17H26N2O. The number of nitrogens with one attached hydrogen (secondary N) is 2. The minimum Gasteiger partial charge on any atom is -0.493 e. The molecule has 1 aromatic carbocycles. The van der Waals surface area contributed by atoms with Gasteiger partial charge in [-0.1, -0.05) is 12.1 Å². The van der Waals surface area contributed by atoms with E-state index in [4.69, 9.17) is 4.74 Å². The Kier molecular flexibility index (Phi) is 4.93. The smallest absolute Gasteiger partial charge is 0.119 e. The van der Waals surface area contributed by atoms with E-state index in [1.165, 1.54) is 37.8 Å². The number of ether oxygens (including phenoxy) is 1. The van der Waals surface area contributed by atoms with E-state index in [0.717, 1.165) is 37.9 Å². The van der Waals surface area contributed by atoms with Crippen LogP contribution in [0.2, 0.25) is 0 Å². The van der Waals surface area contributed by atoms with Crippen LogP contribution < -0.4 is 15.4 Å². The molecule has 3 nitrogen and oxygen atoms in total. The van der Waals surface area contributed by atoms with E-state index in [9.17, 15) is 0 Å². The van der Waals surface area contributed by atoms with Crippen molar-refractivity contribution in [3.8, 4) is 5.75 Å². The van der Waals surface area contributed by atoms with Crippen molar-refractivity contribution in [3.05, 3.63) is 29.8 Å². The van der Waals surface area contributed by atoms with Crippen LogP contribution in [0.15, 0.2) is 24.3 Å². The Morgan fingerprint density at radius 2 is 1.75 bits per heavy atom. The average molecular weight is 274 g/mol. The summed E-state index contributed by atoms with van der Waals surface area (Å²) < 4.78 is 5.94. The van der Waals surface area contributed by atoms with Gasteiger partial charge >= 0.3 is 0 Å². The minimum absolute atomic E-state index is 0.674. The SMILES string of the molecule is c1cc(C2CCNCC2)ccc1OCC1CCCNC1. The Balaban J connectivity index is 1.50. The summed E-state index contributed by atoms with van der Waals surface area (Å²) in [6.07, 6.45) is 5.09. The van der Waals surface area contributed by atoms with Gasteiger partial charge in [0.05, 0.1) is 6.61 Å². The number of hydrogen-bond donors (Lipinski definition) is 2. The van der Waals surface area contributed by atoms with Gasteiger partial charge in [0.2, 0.25) is 0 Å². The Hall–Kier alpha value is -1.06. The Bertz CT molecular complexity index is 392. The van der Waals surface area contributed by atoms with Crippen LogP contribution >= 0.6 is 0 Å². The van der Waals surface area contributed by atoms with Gasteiger partial charge < -0.3 is 15.4 Å². The molecule has 2 fully saturated rings. The fraction of sp³-hybridized carbons (Fsp3) is 0.647. The van der Waals surface area contributed by atoms with Gasteiger partial charge in [-0.25, -0.2) is 0 Å². The summed E-state index contributed by atoms with van der Waals surface area (Å²) in [7, 11) is 0. The van der Waals surface area contributed by atoms with E-state index < -0.39 is 0 Å². The second kappa shape index (κ2) is 7.09. The molecule has 0 aliphatic carbocycles. The third-order valence-electron chi connectivity index (χ3n) is 4.58. The number of hydrogen-bond acceptors (Lipinski definition) is 3. The maximum absolute atomic E-state index is 5.94. The number of rotatable bonds is 4. The van der Waals surface area contributed by atoms with E-state index in [-0.39, 0.29) is 0 Å². The van der Waals surface area contributed by atoms with Crippen molar-refractivity contribution in [1.29, 1.82) is 0 Å². The van der Waals surface area contributed by atoms with E-state index >= 15 is 0 Å². The lowest BCUT2D eigenvalue weighted by Gasteiger charge is -2.24. The van der Waals surface area contributed by atoms with Crippen molar-refractivity contribution in [2.45, 2.75) is 31.6 Å². The van der Waals surface area contributed by atoms with Crippen LogP contribution in [-0.4, -0.2) is 32.8 Å². The fourth-order valence-corrected chi connectivity index (χ4v) is 3.27. The molecule has 1 unspecified atom stereocenters. The molecule has 0 aromatic heterocycles. The summed E-state index contributed by atoms with van der Waals surface area (Å²) in [4.78, 5) is 0. The van der Waals surface area contributed by atoms with E-state index in [0.29, 0.717) is 5.92 Å². The van der Waals surface area contributed by atoms with E-state index in [1.807, 2.05) is 0 Å². The zero-order valence-electron chi connectivity index (χ0n) is 12.2. The van der Waals surface area contributed by atoms with Crippen molar-refractivity contribution in [3.63, 3.8) is 0 Å². The molecule has 3 heteroatoms. The average Bonchev–Trinajstić information content (AvgIpc) is 2.55. The van der Waals surface area contributed by atoms with E-state index in [1.54, 1.807) is 0 Å². The molecule has 2 aliphatic heterocycles. The van der Waals surface area contributed by atoms with Crippen LogP contribution in [0.1, 0.15) is 37.2 Å². The molecule has 1 atom stereocenters. The van der Waals surface area contributed by atoms with Gasteiger partial charge in [-0.05, 0) is 68.9 Å². The highest BCUT2D eigenvalue weighted by molar-refractivity contribution is 5.29. The monoisotopic (exact) mass is 274 g/mol. The highest BCUT2D eigenvalue weighted by Crippen LogP contribution is 2.26. The lowest BCUT2D eigenvalue weighted by Crippen LogP contribution is -2.33. The van der Waals surface area contributed by atoms with Crippen molar-refractivity contribution < 1.29 is 4.74 Å². The van der Waals surface area contributed by atoms with Gasteiger partial charge in [-0.2, -0.15) is 0 Å². The first-order chi connectivity index (χ1) is 9.92. The summed E-state index contributed by atoms with van der Waals surface area (Å²) in [6.45, 7) is 5.42. The van der Waals surface area contributed by atoms with Crippen LogP contribution in [0.25, 0.3) is 0 Å². The highest BCUT2D eigenvalue weighted by atomic mass is 16.5. The molecular weight excluding hydrogens is 248 g/mol. The fourth-order valence-electron chi connectivity index (χ4n) is 3.27. The zero-order valence-corrected chi connectivity index (χ0v) is 12.2. The van der Waals surface area contributed by atoms with E-state index in [2.05, 4.69) is 34.9 Å². The van der Waals surface area contributed by atoms with Crippen LogP contribution in [-0.2, 0) is 0 Å². The van der Waals surface area contributed by atoms with Crippen LogP contribution in [0.4, 0.5) is 0 Å². The van der Waals surface area contributed by atoms with Crippen molar-refractivity contribution >= 4 is 0 Å². The molecule has 110 valence electrons. The second-order valence-corrected chi connectivity index (χ2v) is 6.12. The summed E-state index contributed by atoms with van der Waals surface area (Å²) in [5.74, 6) is 2.42. The van der Waals surface area contributed by atoms with Gasteiger partial charge in [-0.3, -0.25) is 0 Å². The third kappa shape index (κ3) is 3.74. The van der Waals surface area contributed by atoms with Gasteiger partial charge in [0.1, 0.15) is 5.75 Å². The summed E-state index contributed by atoms with van der Waals surface area (Å²) in [6, 6.07) is 8.80. The Labute approximate surface area is 122 Å². The summed E-state index contributed by atoms with van der Waals surface area (Å²) in [5.41, 5.74) is 1.47. The van der Waals surface area contributed by atoms with Gasteiger partial charge in [0.25, 0.3) is 0 Å². The zero-order chi connectivity index (χ0) is 13.6. The molecule has 2 heterocycles. The minimum atomic E-state index is 0.674. The van der Waals surface area contributed by atoms with Gasteiger partial charge in [-0.15, -0.1) is 0 Å². The largest absolute Gasteiger partial charge is 0.493 e. The molecule has 2 saturated heterocycles. The Morgan fingerprint density at radius 3 is 2.45 bits per heavy atom. The summed E-state index contributed by atoms with van der Waals surface area (Å²) in [5, 5.41) is 6.86. The molecule has 1 aromatic rings. The molecule has 0 bridgehead atoms. The standard InChI is InChI=1S/C17H26N2O/c1-2-14(12-19-9-1)13-20-17-5-3-15(4-6-17)16-7-10-18-11-8-16/h3-6,14,16,18-19H,1-2,7-13H2. The maximum Gasteiger partial charge on any atom is 0.119 e. The quantitative estimate of drug-likeness (QED) is 0.885. The van der Waals surface area contributed by atoms with Crippen molar-refractivity contribution in [2.24, 2.45) is 5.92 Å². The first-order valence-electron chi connectivity index (χ1n) is 8.06. The van der Waals surface area contributed by atoms with Crippen LogP contribution in [0.5, 0.6) is 5.75 Å². The van der Waals surface area contributed by atoms with Crippen LogP contribution in [0, 0.1) is 5.92 Å². The topological polar surface area (TPSA) is 33.3 Å². The number of piperidine rings is 2. The molecule has 2 aliphatic rings. The number of benzene rings is 1. The molecule has 0 saturated carbocycles. The first kappa shape index (κ1) is 13.9. The van der Waals surface area contributed by atoms with Crippen molar-refractivity contribution in [2.75, 3.05) is 32.8 Å². The first-order valence-corrected chi connectivity index (χ1v) is 8.06. The molecule has 3 rings (SSSR count). The lowest BCUT2D eigenvalue weighted by atomic mass is 9.90. The normalized spacial score (nSPS) is 24.5. The molecule has 0 amide bonds. The maximum atomic E-state index is 5.94. The molecule has 20 heavy (non-hydrogen) atoms. The molecule has 0 radical (unpaired) electrons. The highest BCUT2D eigenvalue weighted by Gasteiger charge is 2.16. The Morgan fingerprint density at radius 1 is 0.950 bits per heavy atom. The molecule has 2 N–H and O–H groups in total. The summed E-state index contributed by atoms with van der Waals surface area (Å²) >= 11 is 0. The van der Waals surface area contributed by atoms with Crippen LogP contribution in [0.3, 0.4) is 0 Å². The third-order valence-corrected chi connectivity index (χ3v) is 4.58. The van der Waals surface area contributed by atoms with Crippen molar-refractivity contribution in [1.82, 2.24) is 10.6 Å². The second-order valence-electron chi connectivity index (χ2n) is 6.12. The van der Waals surface area contributed by atoms with Gasteiger partial charge in [0.15, 0.2) is 0 Å². The predicted molar refractivity (Wildman–Crippen MR) is 82.4 cm³/mol. The molecule has 0 spiro atoms. The van der Waals surface area contributed by atoms with Gasteiger partial charge in [0, 0.05) is 12.5 Å². The predicted octanol–water partition coefficient (Wildman–Crippen LogP) is 2.53.